The molecule has 9 heavy (non-hydrogen) atoms. The molecule has 0 unspecified atom stereocenters. The van der Waals surface area contributed by atoms with E-state index in [4.69, 9.17) is 0 Å². The monoisotopic (exact) mass is 191 g/mol. The van der Waals surface area contributed by atoms with Gasteiger partial charge in [0.05, 0.1) is 4.97 Å². The largest absolute Gasteiger partial charge is 0.356 e. The molecule has 0 aromatic carbocycles. The fourth-order valence-corrected chi connectivity index (χ4v) is 0.770. The summed E-state index contributed by atoms with van der Waals surface area (Å²) in [5.74, 6) is 1.54. The highest BCUT2D eigenvalue weighted by atomic mass is 79.9. The Bertz CT molecular complexity index is 76.9. The van der Waals surface area contributed by atoms with E-state index in [9.17, 15) is 0 Å². The average molecular weight is 192 g/mol. The molecule has 0 aromatic rings. The van der Waals surface area contributed by atoms with Crippen LogP contribution in [0.2, 0.25) is 18.5 Å². The first kappa shape index (κ1) is 9.54. The standard InChI is InChI=1S/C7H17BBr/c1-6(2)8(5,9)7(3)4/h6-7H,1-5H3/q-1. The number of hydrogen-bond acceptors (Lipinski definition) is 0. The second-order valence-electron chi connectivity index (χ2n) is 3.82. The van der Waals surface area contributed by atoms with E-state index >= 15 is 0 Å². The van der Waals surface area contributed by atoms with Gasteiger partial charge < -0.3 is 15.8 Å². The van der Waals surface area contributed by atoms with Crippen LogP contribution in [0.25, 0.3) is 0 Å². The Hall–Kier alpha value is 0.545. The van der Waals surface area contributed by atoms with E-state index in [2.05, 4.69) is 50.3 Å². The molecule has 0 N–H and O–H groups in total. The summed E-state index contributed by atoms with van der Waals surface area (Å²) in [6, 6.07) is 0. The van der Waals surface area contributed by atoms with E-state index in [1.807, 2.05) is 0 Å². The molecule has 0 aliphatic carbocycles. The SMILES string of the molecule is CC(C)[B-](C)(Br)C(C)C. The predicted molar refractivity (Wildman–Crippen MR) is 50.7 cm³/mol. The summed E-state index contributed by atoms with van der Waals surface area (Å²) in [4.78, 5) is -0.299. The Morgan fingerprint density at radius 3 is 1.22 bits per heavy atom. The maximum atomic E-state index is 3.77. The van der Waals surface area contributed by atoms with Gasteiger partial charge in [0.25, 0.3) is 0 Å². The third-order valence-electron chi connectivity index (χ3n) is 2.61. The molecule has 0 heterocycles. The molecular formula is C7H17BBr-. The molecule has 56 valence electrons. The molecule has 0 fully saturated rings. The summed E-state index contributed by atoms with van der Waals surface area (Å²) in [5.41, 5.74) is 0. The second-order valence-corrected chi connectivity index (χ2v) is 5.79. The van der Waals surface area contributed by atoms with E-state index in [1.165, 1.54) is 0 Å². The quantitative estimate of drug-likeness (QED) is 0.584. The van der Waals surface area contributed by atoms with Crippen LogP contribution in [-0.2, 0) is 0 Å². The normalized spacial score (nSPS) is 13.3. The van der Waals surface area contributed by atoms with Crippen molar-refractivity contribution in [2.24, 2.45) is 0 Å². The maximum absolute atomic E-state index is 3.77. The van der Waals surface area contributed by atoms with Crippen molar-refractivity contribution in [3.63, 3.8) is 0 Å². The summed E-state index contributed by atoms with van der Waals surface area (Å²) in [6.45, 7) is 11.4. The lowest BCUT2D eigenvalue weighted by molar-refractivity contribution is 0.935. The van der Waals surface area contributed by atoms with Crippen LogP contribution >= 0.6 is 15.8 Å². The minimum Gasteiger partial charge on any atom is -0.356 e. The van der Waals surface area contributed by atoms with Gasteiger partial charge in [-0.15, -0.1) is 0 Å². The van der Waals surface area contributed by atoms with Gasteiger partial charge in [-0.25, -0.2) is 0 Å². The Morgan fingerprint density at radius 1 is 1.00 bits per heavy atom. The van der Waals surface area contributed by atoms with Gasteiger partial charge in [0.2, 0.25) is 0 Å². The molecular weight excluding hydrogens is 175 g/mol. The fourth-order valence-electron chi connectivity index (χ4n) is 0.770. The summed E-state index contributed by atoms with van der Waals surface area (Å²) >= 11 is 3.77. The van der Waals surface area contributed by atoms with Crippen LogP contribution in [-0.4, -0.2) is 4.97 Å². The van der Waals surface area contributed by atoms with Gasteiger partial charge in [-0.2, -0.15) is 18.5 Å². The molecule has 0 saturated heterocycles. The lowest BCUT2D eigenvalue weighted by atomic mass is 9.36. The van der Waals surface area contributed by atoms with E-state index < -0.39 is 0 Å². The Kier molecular flexibility index (Phi) is 3.28. The van der Waals surface area contributed by atoms with Gasteiger partial charge in [-0.3, -0.25) is 0 Å². The van der Waals surface area contributed by atoms with Crippen molar-refractivity contribution in [1.82, 2.24) is 0 Å². The Labute approximate surface area is 67.3 Å². The molecule has 2 heteroatoms. The molecule has 0 rings (SSSR count). The minimum absolute atomic E-state index is 0.299. The van der Waals surface area contributed by atoms with Gasteiger partial charge in [-0.05, 0) is 0 Å². The van der Waals surface area contributed by atoms with Crippen molar-refractivity contribution in [1.29, 1.82) is 0 Å². The first-order chi connectivity index (χ1) is 3.89. The third kappa shape index (κ3) is 2.33. The summed E-state index contributed by atoms with van der Waals surface area (Å²) in [7, 11) is 0. The molecule has 0 amide bonds. The molecule has 0 aromatic heterocycles. The van der Waals surface area contributed by atoms with Gasteiger partial charge in [0.1, 0.15) is 0 Å². The van der Waals surface area contributed by atoms with Crippen LogP contribution in [0.1, 0.15) is 27.7 Å². The second kappa shape index (κ2) is 3.09. The highest BCUT2D eigenvalue weighted by Crippen LogP contribution is 2.36. The number of halogens is 1. The summed E-state index contributed by atoms with van der Waals surface area (Å²) < 4.78 is 0. The van der Waals surface area contributed by atoms with Crippen molar-refractivity contribution >= 4 is 20.7 Å². The van der Waals surface area contributed by atoms with Gasteiger partial charge >= 0.3 is 0 Å². The van der Waals surface area contributed by atoms with Gasteiger partial charge in [0.15, 0.2) is 0 Å². The molecule has 0 bridgehead atoms. The van der Waals surface area contributed by atoms with Crippen LogP contribution in [0.5, 0.6) is 0 Å². The first-order valence-corrected chi connectivity index (χ1v) is 4.69. The van der Waals surface area contributed by atoms with E-state index in [-0.39, 0.29) is 4.97 Å². The van der Waals surface area contributed by atoms with Crippen molar-refractivity contribution in [3.05, 3.63) is 0 Å². The highest BCUT2D eigenvalue weighted by molar-refractivity contribution is 9.26. The third-order valence-corrected chi connectivity index (χ3v) is 4.72. The van der Waals surface area contributed by atoms with Crippen molar-refractivity contribution in [2.75, 3.05) is 0 Å². The first-order valence-electron chi connectivity index (χ1n) is 3.77. The minimum atomic E-state index is -0.299. The molecule has 0 radical (unpaired) electrons. The van der Waals surface area contributed by atoms with Crippen molar-refractivity contribution in [2.45, 2.75) is 46.2 Å². The molecule has 0 aliphatic rings. The van der Waals surface area contributed by atoms with Crippen LogP contribution in [0.15, 0.2) is 0 Å². The molecule has 0 spiro atoms. The molecule has 0 nitrogen and oxygen atoms in total. The topological polar surface area (TPSA) is 0 Å². The Balaban J connectivity index is 4.01. The lowest BCUT2D eigenvalue weighted by Crippen LogP contribution is -2.29. The van der Waals surface area contributed by atoms with Crippen molar-refractivity contribution < 1.29 is 0 Å². The van der Waals surface area contributed by atoms with Gasteiger partial charge in [0, 0.05) is 0 Å². The van der Waals surface area contributed by atoms with Crippen LogP contribution < -0.4 is 0 Å². The number of rotatable bonds is 2. The highest BCUT2D eigenvalue weighted by Gasteiger charge is 2.21. The maximum Gasteiger partial charge on any atom is 0.0672 e. The fraction of sp³-hybridized carbons (Fsp3) is 1.00. The summed E-state index contributed by atoms with van der Waals surface area (Å²) in [5, 5.41) is 0. The zero-order valence-electron chi connectivity index (χ0n) is 7.11. The molecule has 0 atom stereocenters. The van der Waals surface area contributed by atoms with Crippen molar-refractivity contribution in [3.8, 4) is 0 Å². The smallest absolute Gasteiger partial charge is 0.0672 e. The van der Waals surface area contributed by atoms with Crippen LogP contribution in [0, 0.1) is 0 Å². The lowest BCUT2D eigenvalue weighted by Gasteiger charge is -2.37. The zero-order chi connectivity index (χ0) is 7.65. The molecule has 0 saturated carbocycles. The zero-order valence-corrected chi connectivity index (χ0v) is 8.70. The number of hydrogen-bond donors (Lipinski definition) is 0. The van der Waals surface area contributed by atoms with Crippen LogP contribution in [0.4, 0.5) is 0 Å². The average Bonchev–Trinajstić information content (AvgIpc) is 1.65. The predicted octanol–water partition coefficient (Wildman–Crippen LogP) is 3.78. The van der Waals surface area contributed by atoms with E-state index in [1.54, 1.807) is 0 Å². The van der Waals surface area contributed by atoms with Crippen LogP contribution in [0.3, 0.4) is 0 Å². The van der Waals surface area contributed by atoms with Gasteiger partial charge in [-0.1, -0.05) is 27.7 Å². The van der Waals surface area contributed by atoms with E-state index in [0.29, 0.717) is 0 Å². The summed E-state index contributed by atoms with van der Waals surface area (Å²) in [6.07, 6.45) is 0. The Morgan fingerprint density at radius 2 is 1.22 bits per heavy atom. The molecule has 0 aliphatic heterocycles. The van der Waals surface area contributed by atoms with E-state index in [0.717, 1.165) is 11.6 Å².